The Morgan fingerprint density at radius 1 is 0.707 bits per heavy atom. The molecule has 0 aromatic heterocycles. The summed E-state index contributed by atoms with van der Waals surface area (Å²) in [6.45, 7) is 0.896. The van der Waals surface area contributed by atoms with Crippen molar-refractivity contribution in [1.29, 1.82) is 0 Å². The molecule has 1 unspecified atom stereocenters. The maximum Gasteiger partial charge on any atom is 0.255 e. The summed E-state index contributed by atoms with van der Waals surface area (Å²) in [5, 5.41) is 6.16. The lowest BCUT2D eigenvalue weighted by Crippen LogP contribution is -2.29. The first-order valence-electron chi connectivity index (χ1n) is 12.8. The molecule has 41 heavy (non-hydrogen) atoms. The Bertz CT molecular complexity index is 1460. The predicted octanol–water partition coefficient (Wildman–Crippen LogP) is 5.36. The second-order valence-corrected chi connectivity index (χ2v) is 9.98. The third kappa shape index (κ3) is 7.56. The van der Waals surface area contributed by atoms with E-state index in [0.29, 0.717) is 52.2 Å². The lowest BCUT2D eigenvalue weighted by Gasteiger charge is -2.16. The minimum absolute atomic E-state index is 0.210. The lowest BCUT2D eigenvalue weighted by molar-refractivity contribution is 0.0952. The number of rotatable bonds is 13. The number of benzene rings is 4. The van der Waals surface area contributed by atoms with E-state index >= 15 is 0 Å². The normalized spacial score (nSPS) is 11.2. The number of para-hydroxylation sites is 1. The van der Waals surface area contributed by atoms with Crippen LogP contribution in [-0.4, -0.2) is 52.0 Å². The highest BCUT2D eigenvalue weighted by Crippen LogP contribution is 2.35. The van der Waals surface area contributed by atoms with Crippen LogP contribution >= 0.6 is 0 Å². The second kappa shape index (κ2) is 14.2. The molecule has 0 aliphatic heterocycles. The van der Waals surface area contributed by atoms with Crippen LogP contribution in [0.2, 0.25) is 0 Å². The first-order valence-corrected chi connectivity index (χ1v) is 14.0. The van der Waals surface area contributed by atoms with E-state index in [2.05, 4.69) is 15.4 Å². The van der Waals surface area contributed by atoms with Gasteiger partial charge in [-0.25, -0.2) is 4.72 Å². The summed E-state index contributed by atoms with van der Waals surface area (Å²) < 4.78 is 38.1. The average molecular weight is 576 g/mol. The van der Waals surface area contributed by atoms with Gasteiger partial charge in [-0.2, -0.15) is 0 Å². The van der Waals surface area contributed by atoms with Gasteiger partial charge in [-0.3, -0.25) is 4.79 Å². The maximum atomic E-state index is 13.4. The smallest absolute Gasteiger partial charge is 0.255 e. The number of anilines is 2. The molecule has 4 rings (SSSR count). The van der Waals surface area contributed by atoms with Gasteiger partial charge in [0.1, 0.15) is 28.6 Å². The van der Waals surface area contributed by atoms with Crippen LogP contribution in [0.5, 0.6) is 23.0 Å². The van der Waals surface area contributed by atoms with Gasteiger partial charge in [-0.1, -0.05) is 24.3 Å². The molecule has 1 atom stereocenters. The molecule has 0 radical (unpaired) electrons. The van der Waals surface area contributed by atoms with Crippen LogP contribution < -0.4 is 34.3 Å². The predicted molar refractivity (Wildman–Crippen MR) is 162 cm³/mol. The molecular formula is C31H33N3O6S. The molecule has 0 spiro atoms. The van der Waals surface area contributed by atoms with Crippen molar-refractivity contribution in [2.45, 2.75) is 4.90 Å². The molecule has 0 aliphatic rings. The maximum absolute atomic E-state index is 13.4. The first kappa shape index (κ1) is 29.4. The molecule has 0 saturated heterocycles. The minimum Gasteiger partial charge on any atom is -0.588 e. The number of carbonyl (C=O) groups is 1. The van der Waals surface area contributed by atoms with Gasteiger partial charge in [0.25, 0.3) is 5.91 Å². The molecule has 9 nitrogen and oxygen atoms in total. The minimum atomic E-state index is -1.62. The van der Waals surface area contributed by atoms with Crippen LogP contribution in [0.15, 0.2) is 89.8 Å². The molecule has 4 aromatic carbocycles. The summed E-state index contributed by atoms with van der Waals surface area (Å²) in [5.74, 6) is 2.11. The number of amides is 1. The number of hydrogen-bond acceptors (Lipinski definition) is 8. The Kier molecular flexibility index (Phi) is 10.2. The molecule has 214 valence electrons. The zero-order valence-corrected chi connectivity index (χ0v) is 24.2. The van der Waals surface area contributed by atoms with Crippen LogP contribution in [0.25, 0.3) is 11.1 Å². The molecule has 0 fully saturated rings. The summed E-state index contributed by atoms with van der Waals surface area (Å²) in [6, 6.07) is 25.6. The Labute approximate surface area is 243 Å². The van der Waals surface area contributed by atoms with E-state index in [4.69, 9.17) is 18.9 Å². The topological polar surface area (TPSA) is 113 Å². The number of carbonyl (C=O) groups excluding carboxylic acids is 1. The molecule has 0 saturated carbocycles. The fraction of sp³-hybridized carbons (Fsp3) is 0.194. The van der Waals surface area contributed by atoms with Gasteiger partial charge < -0.3 is 34.1 Å². The van der Waals surface area contributed by atoms with Crippen molar-refractivity contribution in [2.24, 2.45) is 0 Å². The van der Waals surface area contributed by atoms with E-state index in [1.807, 2.05) is 54.6 Å². The Morgan fingerprint density at radius 2 is 1.41 bits per heavy atom. The van der Waals surface area contributed by atoms with Crippen LogP contribution in [0.3, 0.4) is 0 Å². The monoisotopic (exact) mass is 575 g/mol. The van der Waals surface area contributed by atoms with Crippen LogP contribution in [0.4, 0.5) is 11.4 Å². The van der Waals surface area contributed by atoms with E-state index < -0.39 is 11.4 Å². The first-order chi connectivity index (χ1) is 19.9. The van der Waals surface area contributed by atoms with E-state index in [9.17, 15) is 9.35 Å². The van der Waals surface area contributed by atoms with Crippen LogP contribution in [0, 0.1) is 0 Å². The molecule has 4 aromatic rings. The Balaban J connectivity index is 1.41. The average Bonchev–Trinajstić information content (AvgIpc) is 3.02. The molecule has 3 N–H and O–H groups in total. The number of hydrogen-bond donors (Lipinski definition) is 3. The third-order valence-corrected chi connectivity index (χ3v) is 7.35. The van der Waals surface area contributed by atoms with Crippen LogP contribution in [0.1, 0.15) is 10.4 Å². The fourth-order valence-corrected chi connectivity index (χ4v) is 5.16. The fourth-order valence-electron chi connectivity index (χ4n) is 4.14. The van der Waals surface area contributed by atoms with Gasteiger partial charge in [-0.05, 0) is 59.7 Å². The molecular weight excluding hydrogens is 542 g/mol. The van der Waals surface area contributed by atoms with Crippen molar-refractivity contribution in [3.8, 4) is 34.1 Å². The zero-order valence-electron chi connectivity index (χ0n) is 23.4. The molecule has 0 heterocycles. The summed E-state index contributed by atoms with van der Waals surface area (Å²) in [4.78, 5) is 13.0. The highest BCUT2D eigenvalue weighted by Gasteiger charge is 2.20. The van der Waals surface area contributed by atoms with E-state index in [1.54, 1.807) is 51.7 Å². The Hall–Kier alpha value is -4.54. The van der Waals surface area contributed by atoms with E-state index in [0.717, 1.165) is 16.8 Å². The van der Waals surface area contributed by atoms with Gasteiger partial charge in [0, 0.05) is 30.9 Å². The summed E-state index contributed by atoms with van der Waals surface area (Å²) >= 11 is -1.62. The van der Waals surface area contributed by atoms with Gasteiger partial charge in [-0.15, -0.1) is 0 Å². The van der Waals surface area contributed by atoms with Gasteiger partial charge in [0.2, 0.25) is 4.90 Å². The number of ether oxygens (including phenoxy) is 4. The largest absolute Gasteiger partial charge is 0.588 e. The molecule has 0 bridgehead atoms. The van der Waals surface area contributed by atoms with Crippen molar-refractivity contribution in [2.75, 3.05) is 51.6 Å². The third-order valence-electron chi connectivity index (χ3n) is 6.21. The zero-order chi connectivity index (χ0) is 29.2. The second-order valence-electron chi connectivity index (χ2n) is 8.80. The SMILES string of the molecule is COc1cc(OC)cc(-c2ccc(OC)c([S+]([O-])Nc3cccc(NCCNC(=O)c4ccccc4OC)c3)c2)c1. The highest BCUT2D eigenvalue weighted by molar-refractivity contribution is 7.92. The van der Waals surface area contributed by atoms with Crippen LogP contribution in [-0.2, 0) is 11.4 Å². The quantitative estimate of drug-likeness (QED) is 0.144. The summed E-state index contributed by atoms with van der Waals surface area (Å²) in [5.41, 5.74) is 3.63. The van der Waals surface area contributed by atoms with Crippen molar-refractivity contribution in [3.05, 3.63) is 90.5 Å². The van der Waals surface area contributed by atoms with Crippen molar-refractivity contribution < 1.29 is 28.3 Å². The number of nitrogens with one attached hydrogen (secondary N) is 3. The summed E-state index contributed by atoms with van der Waals surface area (Å²) in [6.07, 6.45) is 0. The Morgan fingerprint density at radius 3 is 2.12 bits per heavy atom. The summed E-state index contributed by atoms with van der Waals surface area (Å²) in [7, 11) is 6.27. The van der Waals surface area contributed by atoms with Gasteiger partial charge in [0.15, 0.2) is 5.75 Å². The van der Waals surface area contributed by atoms with Gasteiger partial charge in [0.05, 0.1) is 39.7 Å². The highest BCUT2D eigenvalue weighted by atomic mass is 32.2. The van der Waals surface area contributed by atoms with Crippen molar-refractivity contribution in [3.63, 3.8) is 0 Å². The van der Waals surface area contributed by atoms with Crippen molar-refractivity contribution >= 4 is 28.6 Å². The van der Waals surface area contributed by atoms with E-state index in [1.165, 1.54) is 7.11 Å². The molecule has 10 heteroatoms. The number of methoxy groups -OCH3 is 4. The standard InChI is InChI=1S/C31H33N3O6S/c1-37-25-16-22(17-26(20-25)38-2)21-12-13-29(40-4)30(18-21)41(36)34-24-9-7-8-23(19-24)32-14-15-33-31(35)27-10-5-6-11-28(27)39-3/h5-13,16-20,32,34H,14-15H2,1-4H3,(H,33,35). The molecule has 0 aliphatic carbocycles. The van der Waals surface area contributed by atoms with E-state index in [-0.39, 0.29) is 5.91 Å². The van der Waals surface area contributed by atoms with Gasteiger partial charge >= 0.3 is 0 Å². The van der Waals surface area contributed by atoms with Crippen molar-refractivity contribution in [1.82, 2.24) is 5.32 Å². The lowest BCUT2D eigenvalue weighted by atomic mass is 10.0. The molecule has 1 amide bonds.